The zero-order valence-corrected chi connectivity index (χ0v) is 13.3. The Labute approximate surface area is 134 Å². The van der Waals surface area contributed by atoms with Gasteiger partial charge in [-0.25, -0.2) is 0 Å². The van der Waals surface area contributed by atoms with Gasteiger partial charge < -0.3 is 4.98 Å². The number of rotatable bonds is 1. The number of aromatic amines is 1. The van der Waals surface area contributed by atoms with Crippen LogP contribution in [0.2, 0.25) is 5.02 Å². The predicted octanol–water partition coefficient (Wildman–Crippen LogP) is 4.65. The van der Waals surface area contributed by atoms with Crippen LogP contribution < -0.4 is 0 Å². The summed E-state index contributed by atoms with van der Waals surface area (Å²) < 4.78 is 11.2. The van der Waals surface area contributed by atoms with Gasteiger partial charge in [-0.2, -0.15) is 8.75 Å². The SMILES string of the molecule is Cc1cccc2[nH]c(=S)n(-c3c(Cl)ccc4nsnc34)c12. The van der Waals surface area contributed by atoms with Gasteiger partial charge in [0.25, 0.3) is 0 Å². The molecule has 0 fully saturated rings. The molecule has 0 unspecified atom stereocenters. The minimum absolute atomic E-state index is 0.599. The number of imidazole rings is 1. The predicted molar refractivity (Wildman–Crippen MR) is 89.2 cm³/mol. The van der Waals surface area contributed by atoms with Crippen molar-refractivity contribution in [2.45, 2.75) is 6.92 Å². The topological polar surface area (TPSA) is 46.5 Å². The lowest BCUT2D eigenvalue weighted by atomic mass is 10.2. The van der Waals surface area contributed by atoms with E-state index < -0.39 is 0 Å². The van der Waals surface area contributed by atoms with E-state index >= 15 is 0 Å². The van der Waals surface area contributed by atoms with E-state index in [-0.39, 0.29) is 0 Å². The van der Waals surface area contributed by atoms with Gasteiger partial charge in [0.05, 0.1) is 33.5 Å². The highest BCUT2D eigenvalue weighted by Crippen LogP contribution is 2.32. The van der Waals surface area contributed by atoms with Gasteiger partial charge in [0, 0.05) is 0 Å². The second kappa shape index (κ2) is 4.62. The molecule has 21 heavy (non-hydrogen) atoms. The first-order chi connectivity index (χ1) is 10.2. The van der Waals surface area contributed by atoms with Gasteiger partial charge in [-0.1, -0.05) is 23.7 Å². The fraction of sp³-hybridized carbons (Fsp3) is 0.0714. The first-order valence-electron chi connectivity index (χ1n) is 6.28. The van der Waals surface area contributed by atoms with Crippen molar-refractivity contribution in [2.75, 3.05) is 0 Å². The molecule has 0 aliphatic carbocycles. The van der Waals surface area contributed by atoms with Crippen LogP contribution >= 0.6 is 35.5 Å². The molecule has 4 rings (SSSR count). The maximum atomic E-state index is 6.43. The summed E-state index contributed by atoms with van der Waals surface area (Å²) in [5, 5.41) is 0.607. The highest BCUT2D eigenvalue weighted by atomic mass is 35.5. The molecule has 0 amide bonds. The van der Waals surface area contributed by atoms with Crippen molar-refractivity contribution in [2.24, 2.45) is 0 Å². The molecule has 0 atom stereocenters. The zero-order chi connectivity index (χ0) is 14.6. The summed E-state index contributed by atoms with van der Waals surface area (Å²) in [4.78, 5) is 3.22. The van der Waals surface area contributed by atoms with E-state index in [1.54, 1.807) is 0 Å². The Balaban J connectivity index is 2.24. The molecular weight excluding hydrogens is 324 g/mol. The number of halogens is 1. The summed E-state index contributed by atoms with van der Waals surface area (Å²) in [5.74, 6) is 0. The Kier molecular flexibility index (Phi) is 2.85. The largest absolute Gasteiger partial charge is 0.330 e. The number of benzene rings is 2. The van der Waals surface area contributed by atoms with Crippen molar-refractivity contribution in [1.29, 1.82) is 0 Å². The molecule has 104 valence electrons. The van der Waals surface area contributed by atoms with E-state index in [0.717, 1.165) is 33.3 Å². The number of nitrogens with zero attached hydrogens (tertiary/aromatic N) is 3. The third-order valence-electron chi connectivity index (χ3n) is 3.48. The molecule has 2 heterocycles. The molecule has 2 aromatic heterocycles. The van der Waals surface area contributed by atoms with Crippen LogP contribution in [-0.4, -0.2) is 18.3 Å². The fourth-order valence-electron chi connectivity index (χ4n) is 2.57. The van der Waals surface area contributed by atoms with Gasteiger partial charge in [-0.15, -0.1) is 0 Å². The van der Waals surface area contributed by atoms with E-state index in [1.165, 1.54) is 11.7 Å². The summed E-state index contributed by atoms with van der Waals surface area (Å²) in [6.45, 7) is 2.05. The van der Waals surface area contributed by atoms with Gasteiger partial charge >= 0.3 is 0 Å². The third-order valence-corrected chi connectivity index (χ3v) is 4.61. The van der Waals surface area contributed by atoms with E-state index in [4.69, 9.17) is 23.8 Å². The number of para-hydroxylation sites is 1. The van der Waals surface area contributed by atoms with Crippen molar-refractivity contribution in [3.05, 3.63) is 45.7 Å². The number of aryl methyl sites for hydroxylation is 1. The number of aromatic nitrogens is 4. The molecule has 7 heteroatoms. The van der Waals surface area contributed by atoms with Crippen molar-refractivity contribution in [3.63, 3.8) is 0 Å². The van der Waals surface area contributed by atoms with Crippen LogP contribution in [0.15, 0.2) is 30.3 Å². The molecule has 2 aromatic carbocycles. The summed E-state index contributed by atoms with van der Waals surface area (Å²) in [6, 6.07) is 9.76. The first-order valence-corrected chi connectivity index (χ1v) is 7.80. The molecule has 0 radical (unpaired) electrons. The number of H-pyrrole nitrogens is 1. The Morgan fingerprint density at radius 1 is 1.24 bits per heavy atom. The Morgan fingerprint density at radius 2 is 2.10 bits per heavy atom. The maximum Gasteiger partial charge on any atom is 0.182 e. The Bertz CT molecular complexity index is 1040. The average molecular weight is 333 g/mol. The molecule has 0 spiro atoms. The van der Waals surface area contributed by atoms with Crippen LogP contribution in [0.25, 0.3) is 27.8 Å². The number of hydrogen-bond acceptors (Lipinski definition) is 4. The smallest absolute Gasteiger partial charge is 0.182 e. The average Bonchev–Trinajstić information content (AvgIpc) is 3.04. The number of fused-ring (bicyclic) bond motifs is 2. The quantitative estimate of drug-likeness (QED) is 0.516. The van der Waals surface area contributed by atoms with Gasteiger partial charge in [0.15, 0.2) is 4.77 Å². The minimum Gasteiger partial charge on any atom is -0.330 e. The second-order valence-corrected chi connectivity index (χ2v) is 6.09. The van der Waals surface area contributed by atoms with Crippen LogP contribution in [0, 0.1) is 11.7 Å². The second-order valence-electron chi connectivity index (χ2n) is 4.76. The van der Waals surface area contributed by atoms with Crippen LogP contribution in [0.3, 0.4) is 0 Å². The summed E-state index contributed by atoms with van der Waals surface area (Å²) in [5.41, 5.74) is 5.50. The van der Waals surface area contributed by atoms with Crippen molar-refractivity contribution >= 4 is 57.6 Å². The first kappa shape index (κ1) is 12.9. The maximum absolute atomic E-state index is 6.43. The molecule has 1 N–H and O–H groups in total. The number of hydrogen-bond donors (Lipinski definition) is 1. The molecule has 0 saturated carbocycles. The van der Waals surface area contributed by atoms with E-state index in [1.807, 2.05) is 28.8 Å². The highest BCUT2D eigenvalue weighted by molar-refractivity contribution is 7.71. The summed E-state index contributed by atoms with van der Waals surface area (Å²) in [6.07, 6.45) is 0. The standard InChI is InChI=1S/C14H9ClN4S2/c1-7-3-2-4-10-12(7)19(14(20)16-10)13-8(15)5-6-9-11(13)18-21-17-9/h2-6H,1H3,(H,16,20). The third kappa shape index (κ3) is 1.83. The van der Waals surface area contributed by atoms with Gasteiger partial charge in [-0.3, -0.25) is 4.57 Å². The van der Waals surface area contributed by atoms with Crippen LogP contribution in [0.1, 0.15) is 5.56 Å². The van der Waals surface area contributed by atoms with Gasteiger partial charge in [0.1, 0.15) is 11.0 Å². The van der Waals surface area contributed by atoms with E-state index in [9.17, 15) is 0 Å². The molecule has 0 aliphatic heterocycles. The number of nitrogens with one attached hydrogen (secondary N) is 1. The van der Waals surface area contributed by atoms with Crippen LogP contribution in [0.5, 0.6) is 0 Å². The fourth-order valence-corrected chi connectivity index (χ4v) is 3.64. The molecule has 4 aromatic rings. The summed E-state index contributed by atoms with van der Waals surface area (Å²) in [7, 11) is 0. The molecule has 4 nitrogen and oxygen atoms in total. The minimum atomic E-state index is 0.599. The van der Waals surface area contributed by atoms with Crippen LogP contribution in [-0.2, 0) is 0 Å². The Hall–Kier alpha value is -1.76. The van der Waals surface area contributed by atoms with Gasteiger partial charge in [-0.05, 0) is 42.9 Å². The normalized spacial score (nSPS) is 11.5. The highest BCUT2D eigenvalue weighted by Gasteiger charge is 2.16. The molecule has 0 saturated heterocycles. The zero-order valence-electron chi connectivity index (χ0n) is 10.9. The van der Waals surface area contributed by atoms with E-state index in [0.29, 0.717) is 9.79 Å². The monoisotopic (exact) mass is 332 g/mol. The summed E-state index contributed by atoms with van der Waals surface area (Å²) >= 11 is 13.1. The lowest BCUT2D eigenvalue weighted by Crippen LogP contribution is -1.98. The van der Waals surface area contributed by atoms with Crippen molar-refractivity contribution in [1.82, 2.24) is 18.3 Å². The van der Waals surface area contributed by atoms with Crippen LogP contribution in [0.4, 0.5) is 0 Å². The molecular formula is C14H9ClN4S2. The molecule has 0 aliphatic rings. The van der Waals surface area contributed by atoms with Crippen molar-refractivity contribution < 1.29 is 0 Å². The van der Waals surface area contributed by atoms with Crippen molar-refractivity contribution in [3.8, 4) is 5.69 Å². The van der Waals surface area contributed by atoms with E-state index in [2.05, 4.69) is 26.7 Å². The van der Waals surface area contributed by atoms with Gasteiger partial charge in [0.2, 0.25) is 0 Å². The lowest BCUT2D eigenvalue weighted by Gasteiger charge is -2.09. The molecule has 0 bridgehead atoms. The lowest BCUT2D eigenvalue weighted by molar-refractivity contribution is 1.07. The Morgan fingerprint density at radius 3 is 2.95 bits per heavy atom.